The van der Waals surface area contributed by atoms with Gasteiger partial charge in [0, 0.05) is 18.7 Å². The number of rotatable bonds is 3. The molecule has 6 nitrogen and oxygen atoms in total. The van der Waals surface area contributed by atoms with Gasteiger partial charge in [-0.05, 0) is 31.0 Å². The normalized spacial score (nSPS) is 20.6. The molecular formula is C16H21FN2O4. The predicted molar refractivity (Wildman–Crippen MR) is 80.8 cm³/mol. The molecule has 2 amide bonds. The molecule has 0 bridgehead atoms. The van der Waals surface area contributed by atoms with Crippen molar-refractivity contribution in [2.45, 2.75) is 26.0 Å². The maximum atomic E-state index is 13.7. The fourth-order valence-electron chi connectivity index (χ4n) is 2.88. The Hall–Kier alpha value is -1.86. The third-order valence-electron chi connectivity index (χ3n) is 4.05. The van der Waals surface area contributed by atoms with Crippen LogP contribution in [0.5, 0.6) is 5.75 Å². The summed E-state index contributed by atoms with van der Waals surface area (Å²) in [5, 5.41) is 2.88. The molecular weight excluding hydrogens is 303 g/mol. The van der Waals surface area contributed by atoms with Crippen LogP contribution in [0.2, 0.25) is 0 Å². The van der Waals surface area contributed by atoms with E-state index in [0.717, 1.165) is 5.56 Å². The van der Waals surface area contributed by atoms with Gasteiger partial charge in [0.05, 0.1) is 25.9 Å². The van der Waals surface area contributed by atoms with Gasteiger partial charge < -0.3 is 24.4 Å². The minimum absolute atomic E-state index is 0.0613. The highest BCUT2D eigenvalue weighted by atomic mass is 19.1. The van der Waals surface area contributed by atoms with Gasteiger partial charge >= 0.3 is 6.03 Å². The number of halogens is 1. The van der Waals surface area contributed by atoms with E-state index in [0.29, 0.717) is 50.6 Å². The number of hydrogen-bond acceptors (Lipinski definition) is 4. The Kier molecular flexibility index (Phi) is 4.97. The van der Waals surface area contributed by atoms with Gasteiger partial charge in [-0.25, -0.2) is 9.18 Å². The Labute approximate surface area is 134 Å². The third-order valence-corrected chi connectivity index (χ3v) is 4.05. The standard InChI is InChI=1S/C16H21FN2O4/c1-11-8-21-5-4-19(11)16(20)18-3-2-12-6-14(17)7-13-9-22-10-23-15(12)13/h6-7,11H,2-5,8-10H2,1H3,(H,18,20)/t11-/m0/s1. The predicted octanol–water partition coefficient (Wildman–Crippen LogP) is 1.66. The molecule has 0 spiro atoms. The Morgan fingerprint density at radius 3 is 3.13 bits per heavy atom. The molecule has 2 aliphatic heterocycles. The molecule has 1 fully saturated rings. The van der Waals surface area contributed by atoms with Crippen molar-refractivity contribution < 1.29 is 23.4 Å². The number of amides is 2. The number of nitrogens with one attached hydrogen (secondary N) is 1. The Bertz CT molecular complexity index is 581. The van der Waals surface area contributed by atoms with Crippen LogP contribution in [0.4, 0.5) is 9.18 Å². The minimum Gasteiger partial charge on any atom is -0.467 e. The number of fused-ring (bicyclic) bond motifs is 1. The molecule has 1 atom stereocenters. The van der Waals surface area contributed by atoms with Crippen molar-refractivity contribution >= 4 is 6.03 Å². The second-order valence-corrected chi connectivity index (χ2v) is 5.76. The molecule has 2 aliphatic rings. The highest BCUT2D eigenvalue weighted by Crippen LogP contribution is 2.29. The molecule has 1 saturated heterocycles. The molecule has 0 saturated carbocycles. The summed E-state index contributed by atoms with van der Waals surface area (Å²) < 4.78 is 29.6. The highest BCUT2D eigenvalue weighted by Gasteiger charge is 2.23. The van der Waals surface area contributed by atoms with Crippen LogP contribution in [0.1, 0.15) is 18.1 Å². The first-order valence-electron chi connectivity index (χ1n) is 7.79. The molecule has 2 heterocycles. The maximum absolute atomic E-state index is 13.7. The fourth-order valence-corrected chi connectivity index (χ4v) is 2.88. The number of hydrogen-bond donors (Lipinski definition) is 1. The summed E-state index contributed by atoms with van der Waals surface area (Å²) in [7, 11) is 0. The molecule has 126 valence electrons. The lowest BCUT2D eigenvalue weighted by Crippen LogP contribution is -2.51. The number of benzene rings is 1. The number of carbonyl (C=O) groups excluding carboxylic acids is 1. The second-order valence-electron chi connectivity index (χ2n) is 5.76. The van der Waals surface area contributed by atoms with Crippen molar-refractivity contribution in [1.29, 1.82) is 0 Å². The van der Waals surface area contributed by atoms with Crippen LogP contribution >= 0.6 is 0 Å². The average molecular weight is 324 g/mol. The SMILES string of the molecule is C[C@H]1COCCN1C(=O)NCCc1cc(F)cc2c1OCOC2. The van der Waals surface area contributed by atoms with Crippen molar-refractivity contribution in [2.24, 2.45) is 0 Å². The summed E-state index contributed by atoms with van der Waals surface area (Å²) in [6, 6.07) is 2.82. The second kappa shape index (κ2) is 7.14. The number of nitrogens with zero attached hydrogens (tertiary/aromatic N) is 1. The first-order valence-corrected chi connectivity index (χ1v) is 7.79. The zero-order chi connectivity index (χ0) is 16.2. The van der Waals surface area contributed by atoms with Crippen molar-refractivity contribution in [3.05, 3.63) is 29.1 Å². The zero-order valence-corrected chi connectivity index (χ0v) is 13.1. The van der Waals surface area contributed by atoms with Crippen molar-refractivity contribution in [2.75, 3.05) is 33.1 Å². The lowest BCUT2D eigenvalue weighted by Gasteiger charge is -2.33. The summed E-state index contributed by atoms with van der Waals surface area (Å²) in [5.74, 6) is 0.354. The Morgan fingerprint density at radius 2 is 2.30 bits per heavy atom. The number of ether oxygens (including phenoxy) is 3. The fraction of sp³-hybridized carbons (Fsp3) is 0.562. The summed E-state index contributed by atoms with van der Waals surface area (Å²) in [4.78, 5) is 13.9. The molecule has 1 aromatic carbocycles. The van der Waals surface area contributed by atoms with Crippen LogP contribution in [0.3, 0.4) is 0 Å². The molecule has 1 aromatic rings. The first-order chi connectivity index (χ1) is 11.1. The van der Waals surface area contributed by atoms with Gasteiger partial charge in [0.2, 0.25) is 0 Å². The van der Waals surface area contributed by atoms with Crippen LogP contribution in [0, 0.1) is 5.82 Å². The largest absolute Gasteiger partial charge is 0.467 e. The molecule has 3 rings (SSSR count). The van der Waals surface area contributed by atoms with E-state index in [1.165, 1.54) is 12.1 Å². The van der Waals surface area contributed by atoms with Crippen LogP contribution < -0.4 is 10.1 Å². The molecule has 0 aromatic heterocycles. The van der Waals surface area contributed by atoms with Crippen molar-refractivity contribution in [3.63, 3.8) is 0 Å². The molecule has 23 heavy (non-hydrogen) atoms. The van der Waals surface area contributed by atoms with Crippen LogP contribution in [0.25, 0.3) is 0 Å². The van der Waals surface area contributed by atoms with Crippen molar-refractivity contribution in [3.8, 4) is 5.75 Å². The number of carbonyl (C=O) groups is 1. The van der Waals surface area contributed by atoms with Crippen LogP contribution in [-0.4, -0.2) is 50.1 Å². The summed E-state index contributed by atoms with van der Waals surface area (Å²) in [6.45, 7) is 4.59. The molecule has 7 heteroatoms. The van der Waals surface area contributed by atoms with Gasteiger partial charge in [0.1, 0.15) is 11.6 Å². The van der Waals surface area contributed by atoms with E-state index in [2.05, 4.69) is 5.32 Å². The first kappa shape index (κ1) is 16.0. The third kappa shape index (κ3) is 3.73. The lowest BCUT2D eigenvalue weighted by molar-refractivity contribution is -0.0172. The summed E-state index contributed by atoms with van der Waals surface area (Å²) in [5.41, 5.74) is 1.46. The molecule has 0 unspecified atom stereocenters. The quantitative estimate of drug-likeness (QED) is 0.919. The van der Waals surface area contributed by atoms with E-state index < -0.39 is 0 Å². The van der Waals surface area contributed by atoms with E-state index in [-0.39, 0.29) is 24.7 Å². The van der Waals surface area contributed by atoms with Gasteiger partial charge in [-0.15, -0.1) is 0 Å². The summed E-state index contributed by atoms with van der Waals surface area (Å²) in [6.07, 6.45) is 0.505. The van der Waals surface area contributed by atoms with Crippen LogP contribution in [-0.2, 0) is 22.5 Å². The minimum atomic E-state index is -0.319. The maximum Gasteiger partial charge on any atom is 0.317 e. The monoisotopic (exact) mass is 324 g/mol. The smallest absolute Gasteiger partial charge is 0.317 e. The average Bonchev–Trinajstić information content (AvgIpc) is 2.55. The van der Waals surface area contributed by atoms with Gasteiger partial charge in [0.15, 0.2) is 6.79 Å². The van der Waals surface area contributed by atoms with E-state index in [4.69, 9.17) is 14.2 Å². The molecule has 0 radical (unpaired) electrons. The van der Waals surface area contributed by atoms with Gasteiger partial charge in [-0.2, -0.15) is 0 Å². The van der Waals surface area contributed by atoms with Crippen LogP contribution in [0.15, 0.2) is 12.1 Å². The summed E-state index contributed by atoms with van der Waals surface area (Å²) >= 11 is 0. The van der Waals surface area contributed by atoms with E-state index in [1.54, 1.807) is 4.90 Å². The van der Waals surface area contributed by atoms with E-state index in [1.807, 2.05) is 6.92 Å². The number of morpholine rings is 1. The van der Waals surface area contributed by atoms with Crippen molar-refractivity contribution in [1.82, 2.24) is 10.2 Å². The van der Waals surface area contributed by atoms with Gasteiger partial charge in [-0.1, -0.05) is 0 Å². The Balaban J connectivity index is 1.58. The van der Waals surface area contributed by atoms with Gasteiger partial charge in [-0.3, -0.25) is 0 Å². The number of urea groups is 1. The van der Waals surface area contributed by atoms with Gasteiger partial charge in [0.25, 0.3) is 0 Å². The van der Waals surface area contributed by atoms with E-state index in [9.17, 15) is 9.18 Å². The topological polar surface area (TPSA) is 60.0 Å². The molecule has 1 N–H and O–H groups in total. The highest BCUT2D eigenvalue weighted by molar-refractivity contribution is 5.74. The zero-order valence-electron chi connectivity index (χ0n) is 13.1. The lowest BCUT2D eigenvalue weighted by atomic mass is 10.1. The van der Waals surface area contributed by atoms with E-state index >= 15 is 0 Å². The Morgan fingerprint density at radius 1 is 1.43 bits per heavy atom. The molecule has 0 aliphatic carbocycles.